The van der Waals surface area contributed by atoms with Crippen molar-refractivity contribution in [3.8, 4) is 5.75 Å². The van der Waals surface area contributed by atoms with Gasteiger partial charge >= 0.3 is 0 Å². The zero-order chi connectivity index (χ0) is 23.1. The lowest BCUT2D eigenvalue weighted by Crippen LogP contribution is -2.30. The summed E-state index contributed by atoms with van der Waals surface area (Å²) in [4.78, 5) is 35.8. The third-order valence-corrected chi connectivity index (χ3v) is 4.36. The summed E-state index contributed by atoms with van der Waals surface area (Å²) in [5.74, 6) is -1.08. The number of nitro benzene ring substituents is 1. The fraction of sp³-hybridized carbons (Fsp3) is 0.0435. The van der Waals surface area contributed by atoms with Gasteiger partial charge in [-0.25, -0.2) is 4.39 Å². The number of nitrogens with zero attached hydrogens (tertiary/aromatic N) is 1. The predicted octanol–water partition coefficient (Wildman–Crippen LogP) is 4.15. The number of nitro groups is 1. The Morgan fingerprint density at radius 2 is 1.59 bits per heavy atom. The van der Waals surface area contributed by atoms with Crippen molar-refractivity contribution in [3.63, 3.8) is 0 Å². The molecule has 2 amide bonds. The molecule has 0 heterocycles. The molecule has 3 aromatic carbocycles. The van der Waals surface area contributed by atoms with Crippen LogP contribution in [0, 0.1) is 15.9 Å². The summed E-state index contributed by atoms with van der Waals surface area (Å²) < 4.78 is 18.3. The average molecular weight is 435 g/mol. The molecular formula is C23H18FN3O5. The first kappa shape index (κ1) is 22.2. The number of rotatable bonds is 7. The van der Waals surface area contributed by atoms with E-state index in [0.717, 1.165) is 0 Å². The summed E-state index contributed by atoms with van der Waals surface area (Å²) in [5, 5.41) is 15.9. The van der Waals surface area contributed by atoms with Crippen LogP contribution in [0.15, 0.2) is 78.5 Å². The number of carbonyl (C=O) groups excluding carboxylic acids is 2. The molecule has 3 aromatic rings. The number of non-ortho nitro benzene ring substituents is 1. The molecule has 0 aromatic heterocycles. The largest absolute Gasteiger partial charge is 0.497 e. The zero-order valence-corrected chi connectivity index (χ0v) is 16.9. The first-order valence-electron chi connectivity index (χ1n) is 9.34. The van der Waals surface area contributed by atoms with Gasteiger partial charge in [0, 0.05) is 23.4 Å². The number of halogens is 1. The van der Waals surface area contributed by atoms with E-state index in [4.69, 9.17) is 4.74 Å². The number of methoxy groups -OCH3 is 1. The van der Waals surface area contributed by atoms with Gasteiger partial charge in [0.1, 0.15) is 17.3 Å². The summed E-state index contributed by atoms with van der Waals surface area (Å²) in [5.41, 5.74) is 0.840. The maximum atomic E-state index is 13.2. The number of carbonyl (C=O) groups is 2. The van der Waals surface area contributed by atoms with Crippen molar-refractivity contribution in [2.75, 3.05) is 12.4 Å². The van der Waals surface area contributed by atoms with Gasteiger partial charge in [-0.3, -0.25) is 19.7 Å². The van der Waals surface area contributed by atoms with Crippen LogP contribution in [0.1, 0.15) is 15.9 Å². The van der Waals surface area contributed by atoms with E-state index in [9.17, 15) is 24.1 Å². The molecule has 0 aliphatic rings. The minimum Gasteiger partial charge on any atom is -0.497 e. The van der Waals surface area contributed by atoms with Gasteiger partial charge in [-0.2, -0.15) is 0 Å². The number of nitrogens with one attached hydrogen (secondary N) is 2. The second-order valence-electron chi connectivity index (χ2n) is 6.55. The molecule has 0 bridgehead atoms. The van der Waals surface area contributed by atoms with Crippen LogP contribution in [0.3, 0.4) is 0 Å². The van der Waals surface area contributed by atoms with Gasteiger partial charge in [-0.05, 0) is 60.2 Å². The molecule has 0 radical (unpaired) electrons. The van der Waals surface area contributed by atoms with Gasteiger partial charge in [-0.15, -0.1) is 0 Å². The van der Waals surface area contributed by atoms with Gasteiger partial charge in [0.2, 0.25) is 0 Å². The van der Waals surface area contributed by atoms with Gasteiger partial charge in [-0.1, -0.05) is 12.1 Å². The number of anilines is 1. The van der Waals surface area contributed by atoms with E-state index >= 15 is 0 Å². The van der Waals surface area contributed by atoms with Gasteiger partial charge in [0.25, 0.3) is 17.5 Å². The normalized spacial score (nSPS) is 10.9. The maximum absolute atomic E-state index is 13.2. The lowest BCUT2D eigenvalue weighted by atomic mass is 10.1. The lowest BCUT2D eigenvalue weighted by molar-refractivity contribution is -0.384. The maximum Gasteiger partial charge on any atom is 0.272 e. The standard InChI is InChI=1S/C23H18FN3O5/c1-32-20-12-4-16(5-13-20)22(28)26-21(14-15-2-6-17(24)7-3-15)23(29)25-18-8-10-19(11-9-18)27(30)31/h2-14H,1H3,(H,25,29)(H,26,28)/b21-14-. The third-order valence-electron chi connectivity index (χ3n) is 4.36. The Hall–Kier alpha value is -4.53. The van der Waals surface area contributed by atoms with Crippen LogP contribution in [-0.2, 0) is 4.79 Å². The van der Waals surface area contributed by atoms with Crippen molar-refractivity contribution in [1.29, 1.82) is 0 Å². The fourth-order valence-corrected chi connectivity index (χ4v) is 2.69. The molecule has 2 N–H and O–H groups in total. The summed E-state index contributed by atoms with van der Waals surface area (Å²) in [6.07, 6.45) is 1.39. The quantitative estimate of drug-likeness (QED) is 0.329. The van der Waals surface area contributed by atoms with E-state index in [0.29, 0.717) is 22.6 Å². The van der Waals surface area contributed by atoms with E-state index in [1.54, 1.807) is 12.1 Å². The minimum absolute atomic E-state index is 0.101. The molecule has 0 saturated carbocycles. The van der Waals surface area contributed by atoms with E-state index in [1.165, 1.54) is 73.8 Å². The molecule has 32 heavy (non-hydrogen) atoms. The summed E-state index contributed by atoms with van der Waals surface area (Å²) in [7, 11) is 1.50. The van der Waals surface area contributed by atoms with E-state index in [1.807, 2.05) is 0 Å². The molecule has 8 nitrogen and oxygen atoms in total. The Morgan fingerprint density at radius 3 is 2.16 bits per heavy atom. The van der Waals surface area contributed by atoms with Crippen LogP contribution in [-0.4, -0.2) is 23.8 Å². The van der Waals surface area contributed by atoms with Gasteiger partial charge in [0.05, 0.1) is 12.0 Å². The SMILES string of the molecule is COc1ccc(C(=O)N/C(=C\c2ccc(F)cc2)C(=O)Nc2ccc([N+](=O)[O-])cc2)cc1. The van der Waals surface area contributed by atoms with Crippen LogP contribution in [0.5, 0.6) is 5.75 Å². The first-order valence-corrected chi connectivity index (χ1v) is 9.34. The summed E-state index contributed by atoms with van der Waals surface area (Å²) in [6.45, 7) is 0. The van der Waals surface area contributed by atoms with Crippen molar-refractivity contribution in [3.05, 3.63) is 106 Å². The van der Waals surface area contributed by atoms with E-state index in [2.05, 4.69) is 10.6 Å². The topological polar surface area (TPSA) is 111 Å². The monoisotopic (exact) mass is 435 g/mol. The Balaban J connectivity index is 1.85. The van der Waals surface area contributed by atoms with Crippen molar-refractivity contribution in [2.24, 2.45) is 0 Å². The molecule has 0 fully saturated rings. The van der Waals surface area contributed by atoms with E-state index < -0.39 is 22.6 Å². The molecule has 0 aliphatic heterocycles. The average Bonchev–Trinajstić information content (AvgIpc) is 2.80. The molecule has 9 heteroatoms. The van der Waals surface area contributed by atoms with Crippen LogP contribution in [0.25, 0.3) is 6.08 Å². The molecule has 3 rings (SSSR count). The highest BCUT2D eigenvalue weighted by Crippen LogP contribution is 2.17. The Labute approximate surface area is 182 Å². The molecule has 0 aliphatic carbocycles. The molecule has 0 atom stereocenters. The Morgan fingerprint density at radius 1 is 0.969 bits per heavy atom. The zero-order valence-electron chi connectivity index (χ0n) is 16.9. The predicted molar refractivity (Wildman–Crippen MR) is 117 cm³/mol. The van der Waals surface area contributed by atoms with Crippen LogP contribution in [0.4, 0.5) is 15.8 Å². The third kappa shape index (κ3) is 5.76. The number of ether oxygens (including phenoxy) is 1. The van der Waals surface area contributed by atoms with Crippen molar-refractivity contribution in [1.82, 2.24) is 5.32 Å². The number of hydrogen-bond donors (Lipinski definition) is 2. The van der Waals surface area contributed by atoms with Crippen molar-refractivity contribution in [2.45, 2.75) is 0 Å². The summed E-state index contributed by atoms with van der Waals surface area (Å²) >= 11 is 0. The smallest absolute Gasteiger partial charge is 0.272 e. The highest BCUT2D eigenvalue weighted by molar-refractivity contribution is 6.10. The van der Waals surface area contributed by atoms with E-state index in [-0.39, 0.29) is 11.4 Å². The van der Waals surface area contributed by atoms with Crippen LogP contribution < -0.4 is 15.4 Å². The fourth-order valence-electron chi connectivity index (χ4n) is 2.69. The second kappa shape index (κ2) is 9.98. The van der Waals surface area contributed by atoms with Crippen LogP contribution >= 0.6 is 0 Å². The minimum atomic E-state index is -0.662. The van der Waals surface area contributed by atoms with Gasteiger partial charge in [0.15, 0.2) is 0 Å². The highest BCUT2D eigenvalue weighted by atomic mass is 19.1. The van der Waals surface area contributed by atoms with Gasteiger partial charge < -0.3 is 15.4 Å². The van der Waals surface area contributed by atoms with Crippen molar-refractivity contribution >= 4 is 29.3 Å². The molecule has 162 valence electrons. The Bertz CT molecular complexity index is 1160. The van der Waals surface area contributed by atoms with Crippen molar-refractivity contribution < 1.29 is 23.6 Å². The number of amides is 2. The summed E-state index contributed by atoms with van der Waals surface area (Å²) in [6, 6.07) is 16.9. The first-order chi connectivity index (χ1) is 15.4. The number of benzene rings is 3. The Kier molecular flexibility index (Phi) is 6.92. The molecule has 0 spiro atoms. The van der Waals surface area contributed by atoms with Crippen LogP contribution in [0.2, 0.25) is 0 Å². The molecule has 0 saturated heterocycles. The molecular weight excluding hydrogens is 417 g/mol. The molecule has 0 unspecified atom stereocenters. The second-order valence-corrected chi connectivity index (χ2v) is 6.55. The lowest BCUT2D eigenvalue weighted by Gasteiger charge is -2.12. The highest BCUT2D eigenvalue weighted by Gasteiger charge is 2.16. The number of hydrogen-bond acceptors (Lipinski definition) is 5.